The number of methoxy groups -OCH3 is 1. The minimum Gasteiger partial charge on any atom is -0.497 e. The molecular weight excluding hydrogens is 350 g/mol. The van der Waals surface area contributed by atoms with Gasteiger partial charge >= 0.3 is 0 Å². The SMILES string of the molecule is COc1ccc(C(C)N/C=C(/C#N)C(=O)NCc2ccccc2Cl)cc1. The van der Waals surface area contributed by atoms with E-state index in [1.54, 1.807) is 13.2 Å². The molecule has 0 aliphatic heterocycles. The van der Waals surface area contributed by atoms with Crippen LogP contribution >= 0.6 is 11.6 Å². The summed E-state index contributed by atoms with van der Waals surface area (Å²) in [7, 11) is 1.61. The van der Waals surface area contributed by atoms with Crippen LogP contribution in [-0.4, -0.2) is 13.0 Å². The summed E-state index contributed by atoms with van der Waals surface area (Å²) in [6.07, 6.45) is 1.43. The van der Waals surface area contributed by atoms with Crippen LogP contribution < -0.4 is 15.4 Å². The molecule has 0 bridgehead atoms. The summed E-state index contributed by atoms with van der Waals surface area (Å²) in [6, 6.07) is 16.6. The Bertz CT molecular complexity index is 826. The van der Waals surface area contributed by atoms with E-state index in [4.69, 9.17) is 16.3 Å². The molecule has 0 fully saturated rings. The average molecular weight is 370 g/mol. The van der Waals surface area contributed by atoms with E-state index in [1.807, 2.05) is 55.5 Å². The first-order valence-corrected chi connectivity index (χ1v) is 8.44. The zero-order valence-corrected chi connectivity index (χ0v) is 15.4. The summed E-state index contributed by atoms with van der Waals surface area (Å²) in [5, 5.41) is 15.6. The highest BCUT2D eigenvalue weighted by Crippen LogP contribution is 2.17. The Hall–Kier alpha value is -2.97. The van der Waals surface area contributed by atoms with Crippen molar-refractivity contribution < 1.29 is 9.53 Å². The molecule has 0 aliphatic carbocycles. The second-order valence-corrected chi connectivity index (χ2v) is 6.01. The molecule has 0 spiro atoms. The highest BCUT2D eigenvalue weighted by atomic mass is 35.5. The molecule has 0 aromatic heterocycles. The molecule has 0 radical (unpaired) electrons. The number of benzene rings is 2. The van der Waals surface area contributed by atoms with Crippen LogP contribution in [0.3, 0.4) is 0 Å². The standard InChI is InChI=1S/C20H20ClN3O2/c1-14(15-7-9-18(26-2)10-8-15)23-13-17(11-22)20(25)24-12-16-5-3-4-6-19(16)21/h3-10,13-14,23H,12H2,1-2H3,(H,24,25)/b17-13-. The van der Waals surface area contributed by atoms with Crippen molar-refractivity contribution in [2.24, 2.45) is 0 Å². The van der Waals surface area contributed by atoms with Crippen LogP contribution in [-0.2, 0) is 11.3 Å². The van der Waals surface area contributed by atoms with Crippen LogP contribution in [0.25, 0.3) is 0 Å². The molecule has 1 unspecified atom stereocenters. The van der Waals surface area contributed by atoms with Crippen molar-refractivity contribution in [2.45, 2.75) is 19.5 Å². The summed E-state index contributed by atoms with van der Waals surface area (Å²) in [5.74, 6) is 0.315. The lowest BCUT2D eigenvalue weighted by molar-refractivity contribution is -0.117. The Labute approximate surface area is 158 Å². The van der Waals surface area contributed by atoms with Gasteiger partial charge in [-0.05, 0) is 36.2 Å². The molecule has 2 N–H and O–H groups in total. The van der Waals surface area contributed by atoms with Gasteiger partial charge in [0.05, 0.1) is 7.11 Å². The molecule has 2 aromatic rings. The quantitative estimate of drug-likeness (QED) is 0.576. The van der Waals surface area contributed by atoms with E-state index in [0.29, 0.717) is 5.02 Å². The lowest BCUT2D eigenvalue weighted by Gasteiger charge is -2.13. The molecule has 134 valence electrons. The van der Waals surface area contributed by atoms with Crippen LogP contribution in [0.2, 0.25) is 5.02 Å². The van der Waals surface area contributed by atoms with Gasteiger partial charge in [-0.3, -0.25) is 4.79 Å². The van der Waals surface area contributed by atoms with Crippen LogP contribution in [0.15, 0.2) is 60.3 Å². The molecule has 0 saturated carbocycles. The van der Waals surface area contributed by atoms with Gasteiger partial charge in [-0.1, -0.05) is 41.9 Å². The number of nitriles is 1. The summed E-state index contributed by atoms with van der Waals surface area (Å²) in [4.78, 5) is 12.2. The normalized spacial score (nSPS) is 12.0. The van der Waals surface area contributed by atoms with Crippen LogP contribution in [0.4, 0.5) is 0 Å². The van der Waals surface area contributed by atoms with E-state index in [0.717, 1.165) is 16.9 Å². The Kier molecular flexibility index (Phi) is 7.07. The van der Waals surface area contributed by atoms with Crippen molar-refractivity contribution in [3.05, 3.63) is 76.5 Å². The van der Waals surface area contributed by atoms with Gasteiger partial charge < -0.3 is 15.4 Å². The lowest BCUT2D eigenvalue weighted by Crippen LogP contribution is -2.25. The maximum atomic E-state index is 12.2. The molecule has 1 amide bonds. The first-order chi connectivity index (χ1) is 12.5. The summed E-state index contributed by atoms with van der Waals surface area (Å²) in [5.41, 5.74) is 1.80. The predicted molar refractivity (Wildman–Crippen MR) is 102 cm³/mol. The van der Waals surface area contributed by atoms with Gasteiger partial charge in [-0.25, -0.2) is 0 Å². The van der Waals surface area contributed by atoms with E-state index in [1.165, 1.54) is 6.20 Å². The smallest absolute Gasteiger partial charge is 0.263 e. The topological polar surface area (TPSA) is 74.1 Å². The first kappa shape index (κ1) is 19.4. The van der Waals surface area contributed by atoms with Gasteiger partial charge in [0.15, 0.2) is 0 Å². The molecule has 6 heteroatoms. The van der Waals surface area contributed by atoms with Gasteiger partial charge in [-0.15, -0.1) is 0 Å². The fourth-order valence-electron chi connectivity index (χ4n) is 2.26. The minimum atomic E-state index is -0.457. The number of hydrogen-bond acceptors (Lipinski definition) is 4. The summed E-state index contributed by atoms with van der Waals surface area (Å²) < 4.78 is 5.13. The predicted octanol–water partition coefficient (Wildman–Crippen LogP) is 3.72. The van der Waals surface area contributed by atoms with Crippen molar-refractivity contribution in [2.75, 3.05) is 7.11 Å². The number of ether oxygens (including phenoxy) is 1. The van der Waals surface area contributed by atoms with E-state index < -0.39 is 5.91 Å². The monoisotopic (exact) mass is 369 g/mol. The molecule has 1 atom stereocenters. The summed E-state index contributed by atoms with van der Waals surface area (Å²) >= 11 is 6.06. The van der Waals surface area contributed by atoms with Gasteiger partial charge in [0, 0.05) is 23.8 Å². The Balaban J connectivity index is 1.96. The Morgan fingerprint density at radius 2 is 1.96 bits per heavy atom. The van der Waals surface area contributed by atoms with Gasteiger partial charge in [0.25, 0.3) is 5.91 Å². The molecule has 26 heavy (non-hydrogen) atoms. The third kappa shape index (κ3) is 5.27. The molecule has 0 saturated heterocycles. The molecule has 0 heterocycles. The highest BCUT2D eigenvalue weighted by Gasteiger charge is 2.11. The van der Waals surface area contributed by atoms with Crippen LogP contribution in [0.1, 0.15) is 24.1 Å². The van der Waals surface area contributed by atoms with E-state index in [9.17, 15) is 10.1 Å². The fraction of sp³-hybridized carbons (Fsp3) is 0.200. The highest BCUT2D eigenvalue weighted by molar-refractivity contribution is 6.31. The van der Waals surface area contributed by atoms with E-state index >= 15 is 0 Å². The van der Waals surface area contributed by atoms with Crippen LogP contribution in [0, 0.1) is 11.3 Å². The molecule has 2 aromatic carbocycles. The number of carbonyl (C=O) groups excluding carboxylic acids is 1. The largest absolute Gasteiger partial charge is 0.497 e. The van der Waals surface area contributed by atoms with Crippen molar-refractivity contribution in [3.8, 4) is 11.8 Å². The zero-order chi connectivity index (χ0) is 18.9. The Morgan fingerprint density at radius 1 is 1.27 bits per heavy atom. The Morgan fingerprint density at radius 3 is 2.58 bits per heavy atom. The van der Waals surface area contributed by atoms with Crippen LogP contribution in [0.5, 0.6) is 5.75 Å². The number of carbonyl (C=O) groups is 1. The zero-order valence-electron chi connectivity index (χ0n) is 14.6. The average Bonchev–Trinajstić information content (AvgIpc) is 2.67. The third-order valence-electron chi connectivity index (χ3n) is 3.86. The van der Waals surface area contributed by atoms with Crippen molar-refractivity contribution >= 4 is 17.5 Å². The first-order valence-electron chi connectivity index (χ1n) is 8.07. The van der Waals surface area contributed by atoms with Crippen molar-refractivity contribution in [1.82, 2.24) is 10.6 Å². The number of halogens is 1. The number of nitrogens with zero attached hydrogens (tertiary/aromatic N) is 1. The van der Waals surface area contributed by atoms with Gasteiger partial charge in [0.2, 0.25) is 0 Å². The number of rotatable bonds is 7. The van der Waals surface area contributed by atoms with E-state index in [-0.39, 0.29) is 18.2 Å². The van der Waals surface area contributed by atoms with Crippen molar-refractivity contribution in [1.29, 1.82) is 5.26 Å². The molecule has 5 nitrogen and oxygen atoms in total. The summed E-state index contributed by atoms with van der Waals surface area (Å²) in [6.45, 7) is 2.19. The maximum Gasteiger partial charge on any atom is 0.263 e. The number of hydrogen-bond donors (Lipinski definition) is 2. The lowest BCUT2D eigenvalue weighted by atomic mass is 10.1. The van der Waals surface area contributed by atoms with Gasteiger partial charge in [0.1, 0.15) is 17.4 Å². The molecular formula is C20H20ClN3O2. The number of nitrogens with one attached hydrogen (secondary N) is 2. The minimum absolute atomic E-state index is 0.00239. The second kappa shape index (κ2) is 9.50. The fourth-order valence-corrected chi connectivity index (χ4v) is 2.46. The maximum absolute atomic E-state index is 12.2. The third-order valence-corrected chi connectivity index (χ3v) is 4.22. The number of amides is 1. The molecule has 0 aliphatic rings. The molecule has 2 rings (SSSR count). The van der Waals surface area contributed by atoms with Crippen molar-refractivity contribution in [3.63, 3.8) is 0 Å². The van der Waals surface area contributed by atoms with Gasteiger partial charge in [-0.2, -0.15) is 5.26 Å². The second-order valence-electron chi connectivity index (χ2n) is 5.61. The van der Waals surface area contributed by atoms with E-state index in [2.05, 4.69) is 10.6 Å².